The fraction of sp³-hybridized carbons (Fsp3) is 1.00. The van der Waals surface area contributed by atoms with E-state index in [0.717, 1.165) is 6.54 Å². The van der Waals surface area contributed by atoms with Crippen LogP contribution in [0.5, 0.6) is 0 Å². The van der Waals surface area contributed by atoms with Crippen molar-refractivity contribution < 1.29 is 9.47 Å². The molecule has 1 N–H and O–H groups in total. The van der Waals surface area contributed by atoms with E-state index in [0.29, 0.717) is 6.04 Å². The van der Waals surface area contributed by atoms with Crippen LogP contribution in [0.4, 0.5) is 0 Å². The molecule has 1 rings (SSSR count). The van der Waals surface area contributed by atoms with Gasteiger partial charge in [0, 0.05) is 26.8 Å². The monoisotopic (exact) mass is 223 g/mol. The minimum absolute atomic E-state index is 0. The van der Waals surface area contributed by atoms with Gasteiger partial charge in [-0.2, -0.15) is 0 Å². The highest BCUT2D eigenvalue weighted by atomic mass is 35.5. The van der Waals surface area contributed by atoms with Crippen molar-refractivity contribution in [3.8, 4) is 0 Å². The van der Waals surface area contributed by atoms with Crippen LogP contribution < -0.4 is 5.32 Å². The van der Waals surface area contributed by atoms with Crippen LogP contribution in [0.1, 0.15) is 32.1 Å². The van der Waals surface area contributed by atoms with Gasteiger partial charge >= 0.3 is 0 Å². The second-order valence-corrected chi connectivity index (χ2v) is 3.64. The number of hydrogen-bond acceptors (Lipinski definition) is 3. The third kappa shape index (κ3) is 5.15. The maximum atomic E-state index is 5.11. The van der Waals surface area contributed by atoms with E-state index in [1.165, 1.54) is 32.1 Å². The molecule has 4 heteroatoms. The van der Waals surface area contributed by atoms with Crippen LogP contribution in [0.3, 0.4) is 0 Å². The first-order valence-corrected chi connectivity index (χ1v) is 5.15. The maximum Gasteiger partial charge on any atom is 0.169 e. The maximum absolute atomic E-state index is 5.11. The molecule has 0 amide bonds. The van der Waals surface area contributed by atoms with Gasteiger partial charge in [-0.1, -0.05) is 19.3 Å². The first kappa shape index (κ1) is 14.2. The molecule has 0 aromatic carbocycles. The van der Waals surface area contributed by atoms with Gasteiger partial charge in [0.1, 0.15) is 0 Å². The average molecular weight is 224 g/mol. The van der Waals surface area contributed by atoms with Crippen molar-refractivity contribution in [2.24, 2.45) is 0 Å². The SMILES string of the molecule is COC(CNC1CCCCC1)OC.Cl. The zero-order chi connectivity index (χ0) is 9.52. The molecule has 0 atom stereocenters. The summed E-state index contributed by atoms with van der Waals surface area (Å²) < 4.78 is 10.2. The molecule has 0 spiro atoms. The normalized spacial score (nSPS) is 18.2. The Hall–Kier alpha value is 0.170. The van der Waals surface area contributed by atoms with Crippen LogP contribution in [-0.2, 0) is 9.47 Å². The molecule has 14 heavy (non-hydrogen) atoms. The van der Waals surface area contributed by atoms with Crippen molar-refractivity contribution in [3.05, 3.63) is 0 Å². The Kier molecular flexibility index (Phi) is 8.58. The van der Waals surface area contributed by atoms with Crippen LogP contribution in [0, 0.1) is 0 Å². The van der Waals surface area contributed by atoms with Crippen LogP contribution in [-0.4, -0.2) is 33.1 Å². The molecular weight excluding hydrogens is 202 g/mol. The second kappa shape index (κ2) is 8.48. The minimum atomic E-state index is -0.0954. The van der Waals surface area contributed by atoms with Crippen LogP contribution in [0.2, 0.25) is 0 Å². The Morgan fingerprint density at radius 3 is 2.21 bits per heavy atom. The molecule has 0 saturated heterocycles. The van der Waals surface area contributed by atoms with Gasteiger partial charge in [0.25, 0.3) is 0 Å². The predicted molar refractivity (Wildman–Crippen MR) is 59.9 cm³/mol. The van der Waals surface area contributed by atoms with Gasteiger partial charge in [0.15, 0.2) is 6.29 Å². The minimum Gasteiger partial charge on any atom is -0.355 e. The third-order valence-electron chi connectivity index (χ3n) is 2.70. The Morgan fingerprint density at radius 2 is 1.71 bits per heavy atom. The summed E-state index contributed by atoms with van der Waals surface area (Å²) in [5, 5.41) is 3.47. The highest BCUT2D eigenvalue weighted by Gasteiger charge is 2.14. The fourth-order valence-corrected chi connectivity index (χ4v) is 1.83. The average Bonchev–Trinajstić information content (AvgIpc) is 2.21. The van der Waals surface area contributed by atoms with E-state index in [4.69, 9.17) is 9.47 Å². The van der Waals surface area contributed by atoms with Crippen LogP contribution in [0.25, 0.3) is 0 Å². The molecule has 1 aliphatic carbocycles. The van der Waals surface area contributed by atoms with E-state index in [-0.39, 0.29) is 18.7 Å². The van der Waals surface area contributed by atoms with Gasteiger partial charge in [-0.05, 0) is 12.8 Å². The Morgan fingerprint density at radius 1 is 1.14 bits per heavy atom. The molecule has 0 aliphatic heterocycles. The second-order valence-electron chi connectivity index (χ2n) is 3.64. The molecule has 1 saturated carbocycles. The van der Waals surface area contributed by atoms with E-state index in [9.17, 15) is 0 Å². The molecule has 0 aromatic heterocycles. The highest BCUT2D eigenvalue weighted by Crippen LogP contribution is 2.17. The Labute approximate surface area is 92.9 Å². The molecule has 0 aromatic rings. The lowest BCUT2D eigenvalue weighted by Gasteiger charge is -2.24. The highest BCUT2D eigenvalue weighted by molar-refractivity contribution is 5.85. The van der Waals surface area contributed by atoms with Crippen molar-refractivity contribution in [1.29, 1.82) is 0 Å². The van der Waals surface area contributed by atoms with Gasteiger partial charge in [0.2, 0.25) is 0 Å². The van der Waals surface area contributed by atoms with Crippen molar-refractivity contribution in [2.45, 2.75) is 44.4 Å². The van der Waals surface area contributed by atoms with Gasteiger partial charge in [-0.25, -0.2) is 0 Å². The van der Waals surface area contributed by atoms with Gasteiger partial charge in [-0.3, -0.25) is 0 Å². The number of methoxy groups -OCH3 is 2. The summed E-state index contributed by atoms with van der Waals surface area (Å²) in [6.07, 6.45) is 6.64. The summed E-state index contributed by atoms with van der Waals surface area (Å²) in [5.74, 6) is 0. The number of nitrogens with one attached hydrogen (secondary N) is 1. The summed E-state index contributed by atoms with van der Waals surface area (Å²) in [5.41, 5.74) is 0. The molecule has 1 fully saturated rings. The number of rotatable bonds is 5. The van der Waals surface area contributed by atoms with E-state index in [2.05, 4.69) is 5.32 Å². The molecule has 1 aliphatic rings. The molecule has 86 valence electrons. The third-order valence-corrected chi connectivity index (χ3v) is 2.70. The smallest absolute Gasteiger partial charge is 0.169 e. The summed E-state index contributed by atoms with van der Waals surface area (Å²) in [7, 11) is 3.35. The van der Waals surface area contributed by atoms with Crippen molar-refractivity contribution >= 4 is 12.4 Å². The predicted octanol–water partition coefficient (Wildman–Crippen LogP) is 1.95. The summed E-state index contributed by atoms with van der Waals surface area (Å²) in [6.45, 7) is 0.803. The van der Waals surface area contributed by atoms with Crippen molar-refractivity contribution in [3.63, 3.8) is 0 Å². The Bertz CT molecular complexity index is 125. The number of ether oxygens (including phenoxy) is 2. The summed E-state index contributed by atoms with van der Waals surface area (Å²) in [6, 6.07) is 0.682. The molecule has 0 unspecified atom stereocenters. The quantitative estimate of drug-likeness (QED) is 0.723. The van der Waals surface area contributed by atoms with Crippen molar-refractivity contribution in [1.82, 2.24) is 5.32 Å². The number of halogens is 1. The first-order chi connectivity index (χ1) is 6.36. The van der Waals surface area contributed by atoms with E-state index in [1.807, 2.05) is 0 Å². The standard InChI is InChI=1S/C10H21NO2.ClH/c1-12-10(13-2)8-11-9-6-4-3-5-7-9;/h9-11H,3-8H2,1-2H3;1H. The lowest BCUT2D eigenvalue weighted by Crippen LogP contribution is -2.38. The lowest BCUT2D eigenvalue weighted by atomic mass is 9.95. The molecule has 0 bridgehead atoms. The lowest BCUT2D eigenvalue weighted by molar-refractivity contribution is -0.100. The zero-order valence-corrected chi connectivity index (χ0v) is 9.94. The summed E-state index contributed by atoms with van der Waals surface area (Å²) >= 11 is 0. The van der Waals surface area contributed by atoms with E-state index in [1.54, 1.807) is 14.2 Å². The molecule has 0 heterocycles. The van der Waals surface area contributed by atoms with Crippen LogP contribution >= 0.6 is 12.4 Å². The van der Waals surface area contributed by atoms with Gasteiger partial charge in [-0.15, -0.1) is 12.4 Å². The molecule has 3 nitrogen and oxygen atoms in total. The Balaban J connectivity index is 0.00000169. The fourth-order valence-electron chi connectivity index (χ4n) is 1.83. The first-order valence-electron chi connectivity index (χ1n) is 5.15. The number of hydrogen-bond donors (Lipinski definition) is 1. The molecule has 0 radical (unpaired) electrons. The molecular formula is C10H22ClNO2. The largest absolute Gasteiger partial charge is 0.355 e. The van der Waals surface area contributed by atoms with Gasteiger partial charge in [0.05, 0.1) is 0 Å². The van der Waals surface area contributed by atoms with E-state index >= 15 is 0 Å². The van der Waals surface area contributed by atoms with Crippen molar-refractivity contribution in [2.75, 3.05) is 20.8 Å². The van der Waals surface area contributed by atoms with E-state index < -0.39 is 0 Å². The van der Waals surface area contributed by atoms with Gasteiger partial charge < -0.3 is 14.8 Å². The topological polar surface area (TPSA) is 30.5 Å². The summed E-state index contributed by atoms with van der Waals surface area (Å²) in [4.78, 5) is 0. The van der Waals surface area contributed by atoms with Crippen LogP contribution in [0.15, 0.2) is 0 Å². The zero-order valence-electron chi connectivity index (χ0n) is 9.12.